The fourth-order valence-electron chi connectivity index (χ4n) is 1.43. The molecule has 0 amide bonds. The standard InChI is InChI=1S/C10H5F9/c1-2-4(11)6(13)3(7(14)5(2)12)10(18,19)8(15)9(16)17/h2,4H,1H3/t2-,4?/m1/s1. The van der Waals surface area contributed by atoms with E-state index < -0.39 is 53.0 Å². The van der Waals surface area contributed by atoms with E-state index in [0.717, 1.165) is 0 Å². The lowest BCUT2D eigenvalue weighted by atomic mass is 9.90. The monoisotopic (exact) mass is 296 g/mol. The quantitative estimate of drug-likeness (QED) is 0.625. The van der Waals surface area contributed by atoms with E-state index in [0.29, 0.717) is 6.92 Å². The summed E-state index contributed by atoms with van der Waals surface area (Å²) in [5.41, 5.74) is -2.69. The van der Waals surface area contributed by atoms with Crippen molar-refractivity contribution in [3.8, 4) is 0 Å². The van der Waals surface area contributed by atoms with Crippen LogP contribution in [0.25, 0.3) is 0 Å². The van der Waals surface area contributed by atoms with Crippen molar-refractivity contribution in [2.24, 2.45) is 5.92 Å². The summed E-state index contributed by atoms with van der Waals surface area (Å²) in [6, 6.07) is 0. The van der Waals surface area contributed by atoms with Crippen LogP contribution >= 0.6 is 0 Å². The first kappa shape index (κ1) is 15.6. The van der Waals surface area contributed by atoms with E-state index in [-0.39, 0.29) is 0 Å². The van der Waals surface area contributed by atoms with Crippen LogP contribution in [0.4, 0.5) is 39.5 Å². The molecule has 1 rings (SSSR count). The molecule has 0 heterocycles. The molecule has 2 atom stereocenters. The van der Waals surface area contributed by atoms with Gasteiger partial charge in [-0.05, 0) is 0 Å². The molecule has 0 aromatic rings. The molecular weight excluding hydrogens is 291 g/mol. The highest BCUT2D eigenvalue weighted by Crippen LogP contribution is 2.48. The predicted octanol–water partition coefficient (Wildman–Crippen LogP) is 5.06. The van der Waals surface area contributed by atoms with Gasteiger partial charge >= 0.3 is 12.0 Å². The zero-order valence-corrected chi connectivity index (χ0v) is 9.06. The van der Waals surface area contributed by atoms with Crippen LogP contribution in [-0.2, 0) is 0 Å². The number of hydrogen-bond donors (Lipinski definition) is 0. The molecule has 0 radical (unpaired) electrons. The summed E-state index contributed by atoms with van der Waals surface area (Å²) in [5, 5.41) is 0. The number of alkyl halides is 3. The molecule has 19 heavy (non-hydrogen) atoms. The number of allylic oxidation sites excluding steroid dienone is 5. The Morgan fingerprint density at radius 3 is 1.89 bits per heavy atom. The summed E-state index contributed by atoms with van der Waals surface area (Å²) in [7, 11) is 0. The molecule has 0 aromatic carbocycles. The van der Waals surface area contributed by atoms with Crippen molar-refractivity contribution in [2.45, 2.75) is 19.0 Å². The molecule has 0 aromatic heterocycles. The van der Waals surface area contributed by atoms with Crippen LogP contribution in [0.1, 0.15) is 6.92 Å². The van der Waals surface area contributed by atoms with Crippen molar-refractivity contribution in [1.82, 2.24) is 0 Å². The lowest BCUT2D eigenvalue weighted by molar-refractivity contribution is 0.0395. The molecule has 0 bridgehead atoms. The smallest absolute Gasteiger partial charge is 0.239 e. The molecule has 0 saturated carbocycles. The van der Waals surface area contributed by atoms with Gasteiger partial charge in [-0.3, -0.25) is 0 Å². The van der Waals surface area contributed by atoms with Crippen LogP contribution in [0.15, 0.2) is 35.0 Å². The van der Waals surface area contributed by atoms with Crippen LogP contribution in [0, 0.1) is 5.92 Å². The van der Waals surface area contributed by atoms with Crippen molar-refractivity contribution in [3.05, 3.63) is 35.0 Å². The van der Waals surface area contributed by atoms with Crippen LogP contribution < -0.4 is 0 Å². The number of hydrogen-bond acceptors (Lipinski definition) is 0. The van der Waals surface area contributed by atoms with E-state index in [4.69, 9.17) is 0 Å². The normalized spacial score (nSPS) is 24.9. The lowest BCUT2D eigenvalue weighted by Gasteiger charge is -2.26. The van der Waals surface area contributed by atoms with Gasteiger partial charge in [0, 0.05) is 5.92 Å². The Hall–Kier alpha value is -1.41. The van der Waals surface area contributed by atoms with Gasteiger partial charge in [-0.1, -0.05) is 6.92 Å². The Labute approximate surface area is 100 Å². The first-order valence-corrected chi connectivity index (χ1v) is 4.72. The largest absolute Gasteiger partial charge is 0.334 e. The van der Waals surface area contributed by atoms with E-state index in [2.05, 4.69) is 0 Å². The van der Waals surface area contributed by atoms with E-state index in [1.807, 2.05) is 0 Å². The van der Waals surface area contributed by atoms with Gasteiger partial charge in [0.2, 0.25) is 5.83 Å². The molecule has 108 valence electrons. The molecule has 0 N–H and O–H groups in total. The fraction of sp³-hybridized carbons (Fsp3) is 0.400. The average molecular weight is 296 g/mol. The minimum atomic E-state index is -5.51. The SMILES string of the molecule is C[C@H]1C(F)=C(F)C(C(F)(F)C(F)=C(F)F)=C(F)C1F. The minimum Gasteiger partial charge on any atom is -0.239 e. The first-order valence-electron chi connectivity index (χ1n) is 4.72. The number of halogens is 9. The van der Waals surface area contributed by atoms with Crippen molar-refractivity contribution in [2.75, 3.05) is 0 Å². The summed E-state index contributed by atoms with van der Waals surface area (Å²) < 4.78 is 115. The average Bonchev–Trinajstić information content (AvgIpc) is 2.32. The van der Waals surface area contributed by atoms with Crippen LogP contribution in [0.3, 0.4) is 0 Å². The molecule has 0 fully saturated rings. The molecule has 1 unspecified atom stereocenters. The third-order valence-corrected chi connectivity index (χ3v) is 2.50. The second-order valence-electron chi connectivity index (χ2n) is 3.72. The van der Waals surface area contributed by atoms with Crippen LogP contribution in [0.5, 0.6) is 0 Å². The van der Waals surface area contributed by atoms with Crippen molar-refractivity contribution >= 4 is 0 Å². The van der Waals surface area contributed by atoms with Crippen LogP contribution in [-0.4, -0.2) is 12.1 Å². The summed E-state index contributed by atoms with van der Waals surface area (Å²) in [6.45, 7) is 0.649. The Morgan fingerprint density at radius 1 is 1.00 bits per heavy atom. The molecule has 0 aliphatic heterocycles. The van der Waals surface area contributed by atoms with E-state index in [1.54, 1.807) is 0 Å². The number of rotatable bonds is 2. The Balaban J connectivity index is 3.53. The first-order chi connectivity index (χ1) is 8.53. The minimum absolute atomic E-state index is 0.649. The topological polar surface area (TPSA) is 0 Å². The van der Waals surface area contributed by atoms with E-state index in [1.165, 1.54) is 0 Å². The van der Waals surface area contributed by atoms with Gasteiger partial charge in [-0.25, -0.2) is 17.6 Å². The molecular formula is C10H5F9. The fourth-order valence-corrected chi connectivity index (χ4v) is 1.43. The highest BCUT2D eigenvalue weighted by Gasteiger charge is 2.52. The molecule has 0 spiro atoms. The summed E-state index contributed by atoms with van der Waals surface area (Å²) in [4.78, 5) is 0. The van der Waals surface area contributed by atoms with Gasteiger partial charge in [0.05, 0.1) is 0 Å². The zero-order valence-electron chi connectivity index (χ0n) is 9.06. The van der Waals surface area contributed by atoms with Gasteiger partial charge in [0.1, 0.15) is 17.2 Å². The van der Waals surface area contributed by atoms with E-state index >= 15 is 0 Å². The summed E-state index contributed by atoms with van der Waals surface area (Å²) in [5.74, 6) is -18.2. The van der Waals surface area contributed by atoms with Gasteiger partial charge in [-0.2, -0.15) is 22.0 Å². The zero-order chi connectivity index (χ0) is 15.1. The van der Waals surface area contributed by atoms with Crippen molar-refractivity contribution in [3.63, 3.8) is 0 Å². The second kappa shape index (κ2) is 4.93. The highest BCUT2D eigenvalue weighted by atomic mass is 19.3. The summed E-state index contributed by atoms with van der Waals surface area (Å²) >= 11 is 0. The molecule has 9 heteroatoms. The maximum atomic E-state index is 13.2. The molecule has 1 aliphatic rings. The lowest BCUT2D eigenvalue weighted by Crippen LogP contribution is -2.30. The molecule has 0 saturated heterocycles. The maximum Gasteiger partial charge on any atom is 0.334 e. The van der Waals surface area contributed by atoms with Crippen molar-refractivity contribution < 1.29 is 39.5 Å². The van der Waals surface area contributed by atoms with Gasteiger partial charge in [0.25, 0.3) is 0 Å². The van der Waals surface area contributed by atoms with Gasteiger partial charge in [0.15, 0.2) is 12.0 Å². The molecule has 1 aliphatic carbocycles. The van der Waals surface area contributed by atoms with E-state index in [9.17, 15) is 39.5 Å². The Morgan fingerprint density at radius 2 is 1.47 bits per heavy atom. The van der Waals surface area contributed by atoms with Gasteiger partial charge < -0.3 is 0 Å². The maximum absolute atomic E-state index is 13.2. The summed E-state index contributed by atoms with van der Waals surface area (Å²) in [6.07, 6.45) is -6.57. The van der Waals surface area contributed by atoms with Crippen LogP contribution in [0.2, 0.25) is 0 Å². The van der Waals surface area contributed by atoms with Gasteiger partial charge in [-0.15, -0.1) is 0 Å². The van der Waals surface area contributed by atoms with Crippen molar-refractivity contribution in [1.29, 1.82) is 0 Å². The second-order valence-corrected chi connectivity index (χ2v) is 3.72. The highest BCUT2D eigenvalue weighted by molar-refractivity contribution is 5.45. The Bertz CT molecular complexity index is 481. The Kier molecular flexibility index (Phi) is 4.06. The predicted molar refractivity (Wildman–Crippen MR) is 46.7 cm³/mol. The molecule has 0 nitrogen and oxygen atoms in total. The third kappa shape index (κ3) is 2.37. The third-order valence-electron chi connectivity index (χ3n) is 2.50.